The topological polar surface area (TPSA) is 77.4 Å². The van der Waals surface area contributed by atoms with Crippen LogP contribution in [0.25, 0.3) is 11.1 Å². The number of fused-ring (bicyclic) bond motifs is 1. The van der Waals surface area contributed by atoms with Gasteiger partial charge < -0.3 is 14.2 Å². The summed E-state index contributed by atoms with van der Waals surface area (Å²) < 4.78 is 11.9. The Kier molecular flexibility index (Phi) is 4.79. The summed E-state index contributed by atoms with van der Waals surface area (Å²) in [5.74, 6) is -0.392. The van der Waals surface area contributed by atoms with Crippen LogP contribution in [0.5, 0.6) is 0 Å². The van der Waals surface area contributed by atoms with Crippen molar-refractivity contribution in [2.75, 3.05) is 5.32 Å². The molecule has 1 N–H and O–H groups in total. The van der Waals surface area contributed by atoms with Gasteiger partial charge in [-0.3, -0.25) is 9.36 Å². The summed E-state index contributed by atoms with van der Waals surface area (Å²) in [6.45, 7) is 0. The van der Waals surface area contributed by atoms with E-state index in [0.717, 1.165) is 5.56 Å². The predicted molar refractivity (Wildman–Crippen MR) is 107 cm³/mol. The molecule has 6 nitrogen and oxygen atoms in total. The van der Waals surface area contributed by atoms with E-state index in [2.05, 4.69) is 5.32 Å². The monoisotopic (exact) mass is 396 g/mol. The second kappa shape index (κ2) is 7.40. The average Bonchev–Trinajstić information content (AvgIpc) is 3.29. The summed E-state index contributed by atoms with van der Waals surface area (Å²) in [5, 5.41) is 3.53. The number of aryl methyl sites for hydroxylation is 1. The first-order valence-electron chi connectivity index (χ1n) is 8.69. The van der Waals surface area contributed by atoms with Crippen molar-refractivity contribution < 1.29 is 13.6 Å². The molecule has 0 aliphatic rings. The molecule has 4 aromatic rings. The Morgan fingerprint density at radius 2 is 1.96 bits per heavy atom. The number of hydrogen-bond acceptors (Lipinski definition) is 4. The van der Waals surface area contributed by atoms with Gasteiger partial charge in [0.1, 0.15) is 5.76 Å². The summed E-state index contributed by atoms with van der Waals surface area (Å²) in [7, 11) is 1.62. The number of furan rings is 1. The van der Waals surface area contributed by atoms with Gasteiger partial charge in [-0.15, -0.1) is 0 Å². The van der Waals surface area contributed by atoms with Crippen LogP contribution in [-0.2, 0) is 18.3 Å². The van der Waals surface area contributed by atoms with Crippen LogP contribution in [0.2, 0.25) is 5.02 Å². The van der Waals surface area contributed by atoms with Crippen molar-refractivity contribution in [2.45, 2.75) is 12.3 Å². The molecule has 0 spiro atoms. The van der Waals surface area contributed by atoms with Gasteiger partial charge in [-0.2, -0.15) is 0 Å². The van der Waals surface area contributed by atoms with Gasteiger partial charge in [0.05, 0.1) is 17.7 Å². The molecule has 2 aromatic carbocycles. The molecular formula is C21H17ClN2O4. The Hall–Kier alpha value is -3.25. The number of halogens is 1. The predicted octanol–water partition coefficient (Wildman–Crippen LogP) is 4.34. The fourth-order valence-electron chi connectivity index (χ4n) is 3.12. The minimum atomic E-state index is -0.465. The lowest BCUT2D eigenvalue weighted by atomic mass is 9.93. The summed E-state index contributed by atoms with van der Waals surface area (Å²) in [4.78, 5) is 24.7. The van der Waals surface area contributed by atoms with Crippen LogP contribution in [0.15, 0.2) is 74.5 Å². The smallest absolute Gasteiger partial charge is 0.419 e. The van der Waals surface area contributed by atoms with Crippen molar-refractivity contribution in [1.82, 2.24) is 4.57 Å². The van der Waals surface area contributed by atoms with Crippen LogP contribution in [0.4, 0.5) is 5.69 Å². The molecule has 0 aliphatic heterocycles. The summed E-state index contributed by atoms with van der Waals surface area (Å²) >= 11 is 5.98. The number of anilines is 1. The molecule has 0 radical (unpaired) electrons. The highest BCUT2D eigenvalue weighted by molar-refractivity contribution is 6.30. The highest BCUT2D eigenvalue weighted by Crippen LogP contribution is 2.26. The third kappa shape index (κ3) is 3.59. The maximum Gasteiger partial charge on any atom is 0.419 e. The largest absolute Gasteiger partial charge is 0.469 e. The van der Waals surface area contributed by atoms with E-state index in [4.69, 9.17) is 20.4 Å². The van der Waals surface area contributed by atoms with Crippen LogP contribution >= 0.6 is 11.6 Å². The number of benzene rings is 2. The fraction of sp³-hybridized carbons (Fsp3) is 0.143. The molecule has 28 heavy (non-hydrogen) atoms. The van der Waals surface area contributed by atoms with Crippen LogP contribution in [0, 0.1) is 0 Å². The second-order valence-electron chi connectivity index (χ2n) is 6.49. The van der Waals surface area contributed by atoms with Gasteiger partial charge in [0.2, 0.25) is 5.91 Å². The number of carbonyl (C=O) groups excluding carboxylic acids is 1. The van der Waals surface area contributed by atoms with E-state index in [0.29, 0.717) is 34.0 Å². The van der Waals surface area contributed by atoms with Gasteiger partial charge in [-0.1, -0.05) is 23.7 Å². The lowest BCUT2D eigenvalue weighted by molar-refractivity contribution is -0.117. The minimum Gasteiger partial charge on any atom is -0.469 e. The van der Waals surface area contributed by atoms with E-state index >= 15 is 0 Å². The van der Waals surface area contributed by atoms with E-state index in [1.54, 1.807) is 49.7 Å². The molecule has 0 saturated heterocycles. The summed E-state index contributed by atoms with van der Waals surface area (Å²) in [6.07, 6.45) is 1.99. The van der Waals surface area contributed by atoms with Gasteiger partial charge >= 0.3 is 5.76 Å². The van der Waals surface area contributed by atoms with Crippen molar-refractivity contribution in [1.29, 1.82) is 0 Å². The number of aromatic nitrogens is 1. The SMILES string of the molecule is Cn1c(=O)oc2ccc(NC(=O)C(Cc3ccco3)c3ccc(Cl)cc3)cc21. The zero-order valence-electron chi connectivity index (χ0n) is 15.0. The molecule has 2 aromatic heterocycles. The Morgan fingerprint density at radius 3 is 2.68 bits per heavy atom. The van der Waals surface area contributed by atoms with E-state index in [-0.39, 0.29) is 5.91 Å². The van der Waals surface area contributed by atoms with Crippen LogP contribution < -0.4 is 11.1 Å². The van der Waals surface area contributed by atoms with E-state index < -0.39 is 11.7 Å². The lowest BCUT2D eigenvalue weighted by Gasteiger charge is -2.16. The number of nitrogens with zero attached hydrogens (tertiary/aromatic N) is 1. The maximum absolute atomic E-state index is 13.1. The molecule has 0 aliphatic carbocycles. The molecule has 0 fully saturated rings. The zero-order valence-corrected chi connectivity index (χ0v) is 15.8. The van der Waals surface area contributed by atoms with E-state index in [9.17, 15) is 9.59 Å². The highest BCUT2D eigenvalue weighted by atomic mass is 35.5. The quantitative estimate of drug-likeness (QED) is 0.544. The molecular weight excluding hydrogens is 380 g/mol. The van der Waals surface area contributed by atoms with Crippen molar-refractivity contribution >= 4 is 34.3 Å². The Bertz CT molecular complexity index is 1170. The first kappa shape index (κ1) is 18.1. The van der Waals surface area contributed by atoms with Gasteiger partial charge in [0, 0.05) is 24.2 Å². The Morgan fingerprint density at radius 1 is 1.18 bits per heavy atom. The van der Waals surface area contributed by atoms with Gasteiger partial charge in [-0.05, 0) is 48.0 Å². The highest BCUT2D eigenvalue weighted by Gasteiger charge is 2.23. The number of hydrogen-bond donors (Lipinski definition) is 1. The number of oxazole rings is 1. The molecule has 2 heterocycles. The molecule has 142 valence electrons. The maximum atomic E-state index is 13.1. The first-order chi connectivity index (χ1) is 13.5. The van der Waals surface area contributed by atoms with Gasteiger partial charge in [-0.25, -0.2) is 4.79 Å². The number of nitrogens with one attached hydrogen (secondary N) is 1. The molecule has 1 amide bonds. The lowest BCUT2D eigenvalue weighted by Crippen LogP contribution is -2.23. The third-order valence-corrected chi connectivity index (χ3v) is 4.89. The average molecular weight is 397 g/mol. The molecule has 0 bridgehead atoms. The normalized spacial score (nSPS) is 12.2. The van der Waals surface area contributed by atoms with Crippen molar-refractivity contribution in [2.24, 2.45) is 7.05 Å². The zero-order chi connectivity index (χ0) is 19.7. The van der Waals surface area contributed by atoms with Crippen LogP contribution in [-0.4, -0.2) is 10.5 Å². The van der Waals surface area contributed by atoms with Crippen molar-refractivity contribution in [3.05, 3.63) is 87.8 Å². The van der Waals surface area contributed by atoms with Crippen molar-refractivity contribution in [3.63, 3.8) is 0 Å². The fourth-order valence-corrected chi connectivity index (χ4v) is 3.25. The second-order valence-corrected chi connectivity index (χ2v) is 6.92. The third-order valence-electron chi connectivity index (χ3n) is 4.63. The van der Waals surface area contributed by atoms with E-state index in [1.165, 1.54) is 4.57 Å². The number of amides is 1. The molecule has 1 unspecified atom stereocenters. The van der Waals surface area contributed by atoms with Crippen molar-refractivity contribution in [3.8, 4) is 0 Å². The Balaban J connectivity index is 1.64. The van der Waals surface area contributed by atoms with E-state index in [1.807, 2.05) is 18.2 Å². The standard InChI is InChI=1S/C21H17ClN2O4/c1-24-18-11-15(8-9-19(18)28-21(24)26)23-20(25)17(12-16-3-2-10-27-16)13-4-6-14(22)7-5-13/h2-11,17H,12H2,1H3,(H,23,25). The Labute approximate surface area is 165 Å². The molecule has 7 heteroatoms. The van der Waals surface area contributed by atoms with Crippen LogP contribution in [0.1, 0.15) is 17.2 Å². The molecule has 0 saturated carbocycles. The summed E-state index contributed by atoms with van der Waals surface area (Å²) in [6, 6.07) is 15.9. The molecule has 4 rings (SSSR count). The summed E-state index contributed by atoms with van der Waals surface area (Å²) in [5.41, 5.74) is 2.48. The first-order valence-corrected chi connectivity index (χ1v) is 9.07. The van der Waals surface area contributed by atoms with Gasteiger partial charge in [0.15, 0.2) is 5.58 Å². The number of carbonyl (C=O) groups is 1. The van der Waals surface area contributed by atoms with Crippen LogP contribution in [0.3, 0.4) is 0 Å². The molecule has 1 atom stereocenters. The minimum absolute atomic E-state index is 0.188. The van der Waals surface area contributed by atoms with Gasteiger partial charge in [0.25, 0.3) is 0 Å². The number of rotatable bonds is 5.